The van der Waals surface area contributed by atoms with Crippen molar-refractivity contribution in [1.82, 2.24) is 10.2 Å². The first-order valence-corrected chi connectivity index (χ1v) is 10.7. The number of likely N-dealkylation sites (tertiary alicyclic amines) is 1. The molecule has 0 radical (unpaired) electrons. The Balaban J connectivity index is 0.00000341. The molecule has 0 saturated carbocycles. The van der Waals surface area contributed by atoms with Crippen molar-refractivity contribution in [2.24, 2.45) is 4.99 Å². The van der Waals surface area contributed by atoms with Gasteiger partial charge in [-0.1, -0.05) is 12.1 Å². The zero-order valence-corrected chi connectivity index (χ0v) is 21.0. The molecular formula is C24H34IN3O3. The van der Waals surface area contributed by atoms with E-state index in [-0.39, 0.29) is 24.0 Å². The van der Waals surface area contributed by atoms with Crippen LogP contribution < -0.4 is 14.8 Å². The molecule has 1 fully saturated rings. The van der Waals surface area contributed by atoms with Crippen LogP contribution in [0.2, 0.25) is 0 Å². The van der Waals surface area contributed by atoms with Crippen LogP contribution in [0.15, 0.2) is 53.5 Å². The third kappa shape index (κ3) is 7.88. The molecule has 31 heavy (non-hydrogen) atoms. The Morgan fingerprint density at radius 1 is 1.00 bits per heavy atom. The molecule has 0 unspecified atom stereocenters. The number of hydrogen-bond acceptors (Lipinski definition) is 4. The van der Waals surface area contributed by atoms with Gasteiger partial charge in [-0.2, -0.15) is 0 Å². The van der Waals surface area contributed by atoms with Gasteiger partial charge in [0.2, 0.25) is 0 Å². The highest BCUT2D eigenvalue weighted by Gasteiger charge is 2.21. The fourth-order valence-corrected chi connectivity index (χ4v) is 3.62. The van der Waals surface area contributed by atoms with Gasteiger partial charge in [-0.3, -0.25) is 4.99 Å². The fraction of sp³-hybridized carbons (Fsp3) is 0.458. The summed E-state index contributed by atoms with van der Waals surface area (Å²) in [5.74, 6) is 3.41. The molecule has 1 heterocycles. The molecule has 0 amide bonds. The molecule has 2 aromatic rings. The summed E-state index contributed by atoms with van der Waals surface area (Å²) in [6.07, 6.45) is 3.44. The number of hydrogen-bond donors (Lipinski definition) is 1. The van der Waals surface area contributed by atoms with Gasteiger partial charge in [0.15, 0.2) is 5.96 Å². The second-order valence-electron chi connectivity index (χ2n) is 7.29. The van der Waals surface area contributed by atoms with Gasteiger partial charge >= 0.3 is 0 Å². The molecule has 7 heteroatoms. The lowest BCUT2D eigenvalue weighted by Crippen LogP contribution is -2.47. The molecular weight excluding hydrogens is 505 g/mol. The lowest BCUT2D eigenvalue weighted by Gasteiger charge is -2.34. The summed E-state index contributed by atoms with van der Waals surface area (Å²) in [5, 5.41) is 3.49. The van der Waals surface area contributed by atoms with E-state index < -0.39 is 0 Å². The highest BCUT2D eigenvalue weighted by Crippen LogP contribution is 2.24. The average Bonchev–Trinajstić information content (AvgIpc) is 2.79. The van der Waals surface area contributed by atoms with E-state index in [0.717, 1.165) is 68.7 Å². The number of nitrogens with zero attached hydrogens (tertiary/aromatic N) is 2. The van der Waals surface area contributed by atoms with Crippen LogP contribution in [0.25, 0.3) is 0 Å². The SMILES string of the molecule is CCOC1CCN(C(=NC)NCCc2ccc(Oc3ccc(OC)cc3)cc2)CC1.I. The van der Waals surface area contributed by atoms with Crippen molar-refractivity contribution < 1.29 is 14.2 Å². The second-order valence-corrected chi connectivity index (χ2v) is 7.29. The average molecular weight is 539 g/mol. The standard InChI is InChI=1S/C24H33N3O3.HI/c1-4-29-21-14-17-27(18-15-21)24(25-2)26-16-13-19-5-7-22(8-6-19)30-23-11-9-20(28-3)10-12-23;/h5-12,21H,4,13-18H2,1-3H3,(H,25,26);1H. The van der Waals surface area contributed by atoms with Crippen molar-refractivity contribution in [2.75, 3.05) is 40.4 Å². The third-order valence-corrected chi connectivity index (χ3v) is 5.27. The van der Waals surface area contributed by atoms with Crippen molar-refractivity contribution in [3.05, 3.63) is 54.1 Å². The molecule has 3 rings (SSSR count). The van der Waals surface area contributed by atoms with Crippen molar-refractivity contribution in [2.45, 2.75) is 32.3 Å². The van der Waals surface area contributed by atoms with Crippen LogP contribution in [-0.4, -0.2) is 57.4 Å². The van der Waals surface area contributed by atoms with Crippen LogP contribution in [0.5, 0.6) is 17.2 Å². The molecule has 0 aromatic heterocycles. The zero-order chi connectivity index (χ0) is 21.2. The first-order valence-electron chi connectivity index (χ1n) is 10.7. The number of ether oxygens (including phenoxy) is 3. The Kier molecular flexibility index (Phi) is 10.9. The van der Waals surface area contributed by atoms with E-state index in [0.29, 0.717) is 6.10 Å². The van der Waals surface area contributed by atoms with Gasteiger partial charge in [0.25, 0.3) is 0 Å². The predicted molar refractivity (Wildman–Crippen MR) is 136 cm³/mol. The predicted octanol–water partition coefficient (Wildman–Crippen LogP) is 4.72. The minimum atomic E-state index is 0. The number of aliphatic imine (C=N–C) groups is 1. The summed E-state index contributed by atoms with van der Waals surface area (Å²) < 4.78 is 16.8. The summed E-state index contributed by atoms with van der Waals surface area (Å²) >= 11 is 0. The smallest absolute Gasteiger partial charge is 0.193 e. The van der Waals surface area contributed by atoms with Crippen LogP contribution >= 0.6 is 24.0 Å². The molecule has 0 atom stereocenters. The minimum absolute atomic E-state index is 0. The topological polar surface area (TPSA) is 55.3 Å². The summed E-state index contributed by atoms with van der Waals surface area (Å²) in [7, 11) is 3.51. The van der Waals surface area contributed by atoms with Gasteiger partial charge in [-0.05, 0) is 68.1 Å². The highest BCUT2D eigenvalue weighted by atomic mass is 127. The lowest BCUT2D eigenvalue weighted by molar-refractivity contribution is 0.0264. The molecule has 0 spiro atoms. The van der Waals surface area contributed by atoms with Crippen molar-refractivity contribution >= 4 is 29.9 Å². The molecule has 0 aliphatic carbocycles. The molecule has 1 N–H and O–H groups in total. The molecule has 0 bridgehead atoms. The van der Waals surface area contributed by atoms with E-state index in [1.54, 1.807) is 7.11 Å². The molecule has 6 nitrogen and oxygen atoms in total. The molecule has 1 aliphatic heterocycles. The summed E-state index contributed by atoms with van der Waals surface area (Å²) in [6, 6.07) is 15.8. The molecule has 1 saturated heterocycles. The van der Waals surface area contributed by atoms with E-state index in [2.05, 4.69) is 34.3 Å². The third-order valence-electron chi connectivity index (χ3n) is 5.27. The minimum Gasteiger partial charge on any atom is -0.497 e. The van der Waals surface area contributed by atoms with Crippen molar-refractivity contribution in [3.8, 4) is 17.2 Å². The van der Waals surface area contributed by atoms with E-state index >= 15 is 0 Å². The van der Waals surface area contributed by atoms with Gasteiger partial charge < -0.3 is 24.4 Å². The van der Waals surface area contributed by atoms with E-state index in [1.165, 1.54) is 5.56 Å². The summed E-state index contributed by atoms with van der Waals surface area (Å²) in [6.45, 7) is 5.67. The Morgan fingerprint density at radius 3 is 2.13 bits per heavy atom. The van der Waals surface area contributed by atoms with Crippen LogP contribution in [0.4, 0.5) is 0 Å². The van der Waals surface area contributed by atoms with E-state index in [9.17, 15) is 0 Å². The normalized spacial score (nSPS) is 14.7. The maximum Gasteiger partial charge on any atom is 0.193 e. The Bertz CT molecular complexity index is 789. The first-order chi connectivity index (χ1) is 14.7. The maximum absolute atomic E-state index is 5.89. The van der Waals surface area contributed by atoms with Gasteiger partial charge in [0.1, 0.15) is 17.2 Å². The van der Waals surface area contributed by atoms with Crippen LogP contribution in [0.1, 0.15) is 25.3 Å². The van der Waals surface area contributed by atoms with Crippen molar-refractivity contribution in [3.63, 3.8) is 0 Å². The Hall–Kier alpha value is -2.00. The number of rotatable bonds is 8. The summed E-state index contributed by atoms with van der Waals surface area (Å²) in [4.78, 5) is 6.77. The maximum atomic E-state index is 5.89. The highest BCUT2D eigenvalue weighted by molar-refractivity contribution is 14.0. The molecule has 1 aliphatic rings. The van der Waals surface area contributed by atoms with E-state index in [1.807, 2.05) is 43.4 Å². The van der Waals surface area contributed by atoms with Crippen LogP contribution in [0.3, 0.4) is 0 Å². The van der Waals surface area contributed by atoms with Gasteiger partial charge in [-0.25, -0.2) is 0 Å². The van der Waals surface area contributed by atoms with Gasteiger partial charge in [-0.15, -0.1) is 24.0 Å². The zero-order valence-electron chi connectivity index (χ0n) is 18.7. The molecule has 2 aromatic carbocycles. The number of piperidine rings is 1. The quantitative estimate of drug-likeness (QED) is 0.299. The van der Waals surface area contributed by atoms with E-state index in [4.69, 9.17) is 14.2 Å². The van der Waals surface area contributed by atoms with Crippen LogP contribution in [0, 0.1) is 0 Å². The number of nitrogens with one attached hydrogen (secondary N) is 1. The van der Waals surface area contributed by atoms with Gasteiger partial charge in [0, 0.05) is 33.3 Å². The monoisotopic (exact) mass is 539 g/mol. The number of methoxy groups -OCH3 is 1. The number of guanidine groups is 1. The number of benzene rings is 2. The number of halogens is 1. The second kappa shape index (κ2) is 13.4. The summed E-state index contributed by atoms with van der Waals surface area (Å²) in [5.41, 5.74) is 1.26. The Labute approximate surface area is 203 Å². The first kappa shape index (κ1) is 25.3. The molecule has 170 valence electrons. The largest absolute Gasteiger partial charge is 0.497 e. The van der Waals surface area contributed by atoms with Crippen LogP contribution in [-0.2, 0) is 11.2 Å². The van der Waals surface area contributed by atoms with Crippen molar-refractivity contribution in [1.29, 1.82) is 0 Å². The lowest BCUT2D eigenvalue weighted by atomic mass is 10.1. The van der Waals surface area contributed by atoms with Gasteiger partial charge in [0.05, 0.1) is 13.2 Å². The fourth-order valence-electron chi connectivity index (χ4n) is 3.62. The Morgan fingerprint density at radius 2 is 1.58 bits per heavy atom.